The molecule has 76 valence electrons. The number of ether oxygens (including phenoxy) is 1. The van der Waals surface area contributed by atoms with Gasteiger partial charge in [-0.15, -0.1) is 0 Å². The van der Waals surface area contributed by atoms with Crippen molar-refractivity contribution in [3.63, 3.8) is 0 Å². The number of anilines is 1. The van der Waals surface area contributed by atoms with Crippen LogP contribution < -0.4 is 10.5 Å². The first kappa shape index (κ1) is 11.0. The summed E-state index contributed by atoms with van der Waals surface area (Å²) >= 11 is 3.01. The summed E-state index contributed by atoms with van der Waals surface area (Å²) in [6.45, 7) is 0. The van der Waals surface area contributed by atoms with Gasteiger partial charge in [-0.05, 0) is 6.07 Å². The van der Waals surface area contributed by atoms with E-state index < -0.39 is 5.82 Å². The molecule has 0 aliphatic rings. The topological polar surface area (TPSA) is 52.3 Å². The van der Waals surface area contributed by atoms with Gasteiger partial charge in [0.1, 0.15) is 0 Å². The van der Waals surface area contributed by atoms with Crippen LogP contribution in [0.1, 0.15) is 10.4 Å². The Morgan fingerprint density at radius 1 is 1.64 bits per heavy atom. The molecule has 0 atom stereocenters. The fourth-order valence-corrected chi connectivity index (χ4v) is 1.34. The Morgan fingerprint density at radius 2 is 2.29 bits per heavy atom. The number of ketones is 1. The first-order valence-corrected chi connectivity index (χ1v) is 4.94. The third kappa shape index (κ3) is 2.04. The highest BCUT2D eigenvalue weighted by molar-refractivity contribution is 9.09. The van der Waals surface area contributed by atoms with Crippen LogP contribution in [0.25, 0.3) is 0 Å². The number of Topliss-reactive ketones (excluding diaryl/α,β-unsaturated/α-hetero) is 1. The predicted molar refractivity (Wildman–Crippen MR) is 55.5 cm³/mol. The molecule has 0 unspecified atom stereocenters. The molecule has 14 heavy (non-hydrogen) atoms. The molecule has 0 heterocycles. The Balaban J connectivity index is 3.24. The maximum atomic E-state index is 13.1. The molecule has 1 aromatic rings. The van der Waals surface area contributed by atoms with Crippen LogP contribution in [0.15, 0.2) is 12.1 Å². The number of halogens is 2. The quantitative estimate of drug-likeness (QED) is 0.515. The fourth-order valence-electron chi connectivity index (χ4n) is 1.04. The monoisotopic (exact) mass is 261 g/mol. The number of nitrogen functional groups attached to an aromatic ring is 1. The van der Waals surface area contributed by atoms with Crippen molar-refractivity contribution in [1.82, 2.24) is 0 Å². The van der Waals surface area contributed by atoms with Crippen LogP contribution in [0.5, 0.6) is 5.75 Å². The second-order valence-electron chi connectivity index (χ2n) is 2.63. The molecular formula is C9H9BrFNO2. The van der Waals surface area contributed by atoms with Gasteiger partial charge in [0.2, 0.25) is 0 Å². The Bertz CT molecular complexity index is 368. The smallest absolute Gasteiger partial charge is 0.175 e. The van der Waals surface area contributed by atoms with Crippen molar-refractivity contribution in [2.24, 2.45) is 0 Å². The van der Waals surface area contributed by atoms with Crippen LogP contribution in [0.2, 0.25) is 0 Å². The SMILES string of the molecule is COc1cc(C(=O)CBr)c(N)cc1F. The molecule has 0 radical (unpaired) electrons. The molecule has 5 heteroatoms. The van der Waals surface area contributed by atoms with Crippen LogP contribution >= 0.6 is 15.9 Å². The van der Waals surface area contributed by atoms with Crippen LogP contribution in [0.3, 0.4) is 0 Å². The van der Waals surface area contributed by atoms with Crippen LogP contribution in [-0.2, 0) is 0 Å². The van der Waals surface area contributed by atoms with Gasteiger partial charge in [-0.25, -0.2) is 4.39 Å². The molecule has 0 bridgehead atoms. The maximum absolute atomic E-state index is 13.1. The Morgan fingerprint density at radius 3 is 2.79 bits per heavy atom. The number of alkyl halides is 1. The van der Waals surface area contributed by atoms with Crippen molar-refractivity contribution in [2.75, 3.05) is 18.2 Å². The molecule has 0 spiro atoms. The summed E-state index contributed by atoms with van der Waals surface area (Å²) in [6, 6.07) is 2.38. The number of carbonyl (C=O) groups is 1. The number of nitrogens with two attached hydrogens (primary N) is 1. The van der Waals surface area contributed by atoms with Gasteiger partial charge in [0.05, 0.1) is 12.4 Å². The van der Waals surface area contributed by atoms with Crippen molar-refractivity contribution < 1.29 is 13.9 Å². The van der Waals surface area contributed by atoms with Crippen molar-refractivity contribution >= 4 is 27.4 Å². The second-order valence-corrected chi connectivity index (χ2v) is 3.19. The Hall–Kier alpha value is -1.10. The van der Waals surface area contributed by atoms with Crippen LogP contribution in [-0.4, -0.2) is 18.2 Å². The molecule has 3 nitrogen and oxygen atoms in total. The zero-order valence-corrected chi connectivity index (χ0v) is 9.10. The predicted octanol–water partition coefficient (Wildman–Crippen LogP) is 1.99. The van der Waals surface area contributed by atoms with E-state index in [0.717, 1.165) is 6.07 Å². The van der Waals surface area contributed by atoms with E-state index in [2.05, 4.69) is 15.9 Å². The van der Waals surface area contributed by atoms with Gasteiger partial charge < -0.3 is 10.5 Å². The van der Waals surface area contributed by atoms with Gasteiger partial charge in [-0.2, -0.15) is 0 Å². The first-order valence-electron chi connectivity index (χ1n) is 3.82. The molecule has 0 aliphatic heterocycles. The lowest BCUT2D eigenvalue weighted by Crippen LogP contribution is -2.06. The molecule has 0 amide bonds. The average Bonchev–Trinajstić information content (AvgIpc) is 2.17. The highest BCUT2D eigenvalue weighted by Crippen LogP contribution is 2.24. The van der Waals surface area contributed by atoms with Gasteiger partial charge in [0.15, 0.2) is 17.3 Å². The minimum atomic E-state index is -0.573. The van der Waals surface area contributed by atoms with E-state index in [1.165, 1.54) is 13.2 Å². The number of hydrogen-bond acceptors (Lipinski definition) is 3. The third-order valence-corrected chi connectivity index (χ3v) is 2.26. The summed E-state index contributed by atoms with van der Waals surface area (Å²) < 4.78 is 17.8. The van der Waals surface area contributed by atoms with Gasteiger partial charge in [0.25, 0.3) is 0 Å². The lowest BCUT2D eigenvalue weighted by Gasteiger charge is -2.07. The highest BCUT2D eigenvalue weighted by atomic mass is 79.9. The van der Waals surface area contributed by atoms with E-state index >= 15 is 0 Å². The van der Waals surface area contributed by atoms with Gasteiger partial charge in [-0.1, -0.05) is 15.9 Å². The normalized spacial score (nSPS) is 9.93. The molecule has 0 saturated carbocycles. The number of rotatable bonds is 3. The Kier molecular flexibility index (Phi) is 3.46. The molecule has 2 N–H and O–H groups in total. The number of methoxy groups -OCH3 is 1. The summed E-state index contributed by atoms with van der Waals surface area (Å²) in [5, 5.41) is 0.145. The van der Waals surface area contributed by atoms with E-state index in [0.29, 0.717) is 0 Å². The first-order chi connectivity index (χ1) is 6.60. The number of carbonyl (C=O) groups excluding carboxylic acids is 1. The summed E-state index contributed by atoms with van der Waals surface area (Å²) in [5.74, 6) is -0.763. The minimum absolute atomic E-state index is 0.0171. The number of hydrogen-bond donors (Lipinski definition) is 1. The molecule has 0 aliphatic carbocycles. The van der Waals surface area contributed by atoms with Gasteiger partial charge in [-0.3, -0.25) is 4.79 Å². The zero-order chi connectivity index (χ0) is 10.7. The lowest BCUT2D eigenvalue weighted by atomic mass is 10.1. The molecule has 0 saturated heterocycles. The third-order valence-electron chi connectivity index (χ3n) is 1.75. The maximum Gasteiger partial charge on any atom is 0.175 e. The molecular weight excluding hydrogens is 253 g/mol. The van der Waals surface area contributed by atoms with Crippen LogP contribution in [0, 0.1) is 5.82 Å². The average molecular weight is 262 g/mol. The van der Waals surface area contributed by atoms with E-state index in [-0.39, 0.29) is 28.1 Å². The number of benzene rings is 1. The minimum Gasteiger partial charge on any atom is -0.494 e. The second kappa shape index (κ2) is 4.41. The van der Waals surface area contributed by atoms with E-state index in [4.69, 9.17) is 10.5 Å². The van der Waals surface area contributed by atoms with Crippen molar-refractivity contribution in [3.8, 4) is 5.75 Å². The summed E-state index contributed by atoms with van der Waals surface area (Å²) in [6.07, 6.45) is 0. The molecule has 1 rings (SSSR count). The summed E-state index contributed by atoms with van der Waals surface area (Å²) in [4.78, 5) is 11.3. The van der Waals surface area contributed by atoms with E-state index in [9.17, 15) is 9.18 Å². The van der Waals surface area contributed by atoms with Crippen molar-refractivity contribution in [1.29, 1.82) is 0 Å². The largest absolute Gasteiger partial charge is 0.494 e. The summed E-state index contributed by atoms with van der Waals surface area (Å²) in [5.41, 5.74) is 5.87. The standard InChI is InChI=1S/C9H9BrFNO2/c1-14-9-2-5(8(13)4-10)7(12)3-6(9)11/h2-3H,4,12H2,1H3. The van der Waals surface area contributed by atoms with Gasteiger partial charge >= 0.3 is 0 Å². The lowest BCUT2D eigenvalue weighted by molar-refractivity contribution is 0.102. The fraction of sp³-hybridized carbons (Fsp3) is 0.222. The Labute approximate surface area is 89.2 Å². The molecule has 0 fully saturated rings. The van der Waals surface area contributed by atoms with Crippen molar-refractivity contribution in [2.45, 2.75) is 0 Å². The molecule has 1 aromatic carbocycles. The molecule has 0 aromatic heterocycles. The summed E-state index contributed by atoms with van der Waals surface area (Å²) in [7, 11) is 1.33. The van der Waals surface area contributed by atoms with Crippen molar-refractivity contribution in [3.05, 3.63) is 23.5 Å². The zero-order valence-electron chi connectivity index (χ0n) is 7.51. The van der Waals surface area contributed by atoms with Crippen LogP contribution in [0.4, 0.5) is 10.1 Å². The van der Waals surface area contributed by atoms with Gasteiger partial charge in [0, 0.05) is 17.3 Å². The van der Waals surface area contributed by atoms with E-state index in [1.807, 2.05) is 0 Å². The van der Waals surface area contributed by atoms with E-state index in [1.54, 1.807) is 0 Å². The highest BCUT2D eigenvalue weighted by Gasteiger charge is 2.13.